The summed E-state index contributed by atoms with van der Waals surface area (Å²) < 4.78 is 44.6. The van der Waals surface area contributed by atoms with Gasteiger partial charge in [-0.25, -0.2) is 0 Å². The number of ketones is 2. The van der Waals surface area contributed by atoms with Gasteiger partial charge in [0, 0.05) is 11.1 Å². The molecule has 2 aliphatic carbocycles. The minimum atomic E-state index is -1.83. The molecule has 6 aliphatic rings. The number of phenols is 2. The topological polar surface area (TPSA) is 264 Å². The third kappa shape index (κ3) is 5.30. The van der Waals surface area contributed by atoms with Crippen LogP contribution in [0.15, 0.2) is 35.4 Å². The molecule has 2 saturated heterocycles. The monoisotopic (exact) mass is 806 g/mol. The van der Waals surface area contributed by atoms with E-state index in [9.17, 15) is 49.2 Å². The normalized spacial score (nSPS) is 32.1. The van der Waals surface area contributed by atoms with Crippen molar-refractivity contribution in [3.63, 3.8) is 0 Å². The molecule has 306 valence electrons. The minimum absolute atomic E-state index is 0.114. The van der Waals surface area contributed by atoms with E-state index in [1.165, 1.54) is 52.3 Å². The average Bonchev–Trinajstić information content (AvgIpc) is 4.07. The predicted molar refractivity (Wildman–Crippen MR) is 191 cm³/mol. The van der Waals surface area contributed by atoms with E-state index < -0.39 is 105 Å². The molecule has 0 bridgehead atoms. The van der Waals surface area contributed by atoms with Crippen molar-refractivity contribution in [3.05, 3.63) is 46.5 Å². The number of methoxy groups -OCH3 is 2. The molecule has 8 rings (SSSR count). The molecule has 2 aromatic carbocycles. The molecule has 4 N–H and O–H groups in total. The van der Waals surface area contributed by atoms with Crippen molar-refractivity contribution in [1.82, 2.24) is 0 Å². The van der Waals surface area contributed by atoms with Crippen molar-refractivity contribution in [2.45, 2.75) is 100 Å². The molecular formula is C40H38O18. The molecule has 2 saturated carbocycles. The van der Waals surface area contributed by atoms with Gasteiger partial charge in [-0.3, -0.25) is 28.8 Å². The molecule has 58 heavy (non-hydrogen) atoms. The average molecular weight is 807 g/mol. The first-order chi connectivity index (χ1) is 27.3. The minimum Gasteiger partial charge on any atom is -0.506 e. The van der Waals surface area contributed by atoms with Crippen LogP contribution < -0.4 is 9.47 Å². The lowest BCUT2D eigenvalue weighted by molar-refractivity contribution is -0.168. The maximum atomic E-state index is 13.7. The number of epoxide rings is 2. The number of aromatic hydroxyl groups is 2. The quantitative estimate of drug-likeness (QED) is 0.161. The first kappa shape index (κ1) is 38.7. The van der Waals surface area contributed by atoms with Gasteiger partial charge in [0.25, 0.3) is 0 Å². The molecular weight excluding hydrogens is 768 g/mol. The van der Waals surface area contributed by atoms with Crippen LogP contribution in [0.5, 0.6) is 23.0 Å². The third-order valence-corrected chi connectivity index (χ3v) is 11.9. The van der Waals surface area contributed by atoms with E-state index >= 15 is 0 Å². The second kappa shape index (κ2) is 12.7. The molecule has 0 aromatic heterocycles. The number of ether oxygens (including phenoxy) is 8. The Morgan fingerprint density at radius 1 is 0.586 bits per heavy atom. The summed E-state index contributed by atoms with van der Waals surface area (Å²) in [5.74, 6) is -7.32. The van der Waals surface area contributed by atoms with Crippen LogP contribution in [0, 0.1) is 0 Å². The van der Waals surface area contributed by atoms with E-state index in [0.29, 0.717) is 0 Å². The lowest BCUT2D eigenvalue weighted by Crippen LogP contribution is -2.62. The number of aliphatic hydroxyl groups is 2. The van der Waals surface area contributed by atoms with Crippen molar-refractivity contribution in [2.75, 3.05) is 14.2 Å². The van der Waals surface area contributed by atoms with Crippen molar-refractivity contribution in [1.29, 1.82) is 0 Å². The first-order valence-corrected chi connectivity index (χ1v) is 18.2. The van der Waals surface area contributed by atoms with Gasteiger partial charge in [-0.2, -0.15) is 0 Å². The summed E-state index contributed by atoms with van der Waals surface area (Å²) in [6.45, 7) is 5.92. The van der Waals surface area contributed by atoms with Gasteiger partial charge in [0.05, 0.1) is 51.0 Å². The highest BCUT2D eigenvalue weighted by Gasteiger charge is 2.77. The van der Waals surface area contributed by atoms with E-state index in [4.69, 9.17) is 28.4 Å². The van der Waals surface area contributed by atoms with Crippen molar-refractivity contribution >= 4 is 47.0 Å². The van der Waals surface area contributed by atoms with Gasteiger partial charge in [0.2, 0.25) is 0 Å². The molecule has 8 atom stereocenters. The van der Waals surface area contributed by atoms with E-state index in [1.807, 2.05) is 0 Å². The molecule has 4 aliphatic heterocycles. The maximum absolute atomic E-state index is 13.7. The number of esters is 4. The summed E-state index contributed by atoms with van der Waals surface area (Å²) in [6.07, 6.45) is -6.12. The van der Waals surface area contributed by atoms with Gasteiger partial charge >= 0.3 is 23.9 Å². The van der Waals surface area contributed by atoms with Crippen LogP contribution >= 0.6 is 0 Å². The molecule has 4 fully saturated rings. The molecule has 2 aromatic rings. The highest BCUT2D eigenvalue weighted by molar-refractivity contribution is 6.12. The smallest absolute Gasteiger partial charge is 0.306 e. The van der Waals surface area contributed by atoms with Crippen LogP contribution in [0.3, 0.4) is 0 Å². The Kier molecular flexibility index (Phi) is 8.46. The lowest BCUT2D eigenvalue weighted by Gasteiger charge is -2.45. The maximum Gasteiger partial charge on any atom is 0.306 e. The van der Waals surface area contributed by atoms with Crippen LogP contribution in [-0.4, -0.2) is 117 Å². The summed E-state index contributed by atoms with van der Waals surface area (Å²) in [5.41, 5.74) is -7.96. The standard InChI is InChI=1S/C40H38O18/c1-37-25(31(49)33-39(3,57-33)35(37)53-21(43)13-11-19(41)51-5)29(47)23-17(55-37)9-7-15(27(23)45)16-8-10-18-24(28(16)46)30(48)26-32(50)34-40(4,58-34)36(38(26,2)56-18)54-22(44)14-12-20(42)52-6/h7-10,33-36,45-48H,11-14H2,1-6H3/t33-,34-,35-,36-,37-,38-,39-,40-/m1/s1. The van der Waals surface area contributed by atoms with Gasteiger partial charge < -0.3 is 58.3 Å². The Morgan fingerprint density at radius 2 is 0.931 bits per heavy atom. The van der Waals surface area contributed by atoms with Crippen LogP contribution in [0.2, 0.25) is 0 Å². The van der Waals surface area contributed by atoms with Gasteiger partial charge in [-0.15, -0.1) is 0 Å². The lowest BCUT2D eigenvalue weighted by atomic mass is 9.70. The number of hydrogen-bond donors (Lipinski definition) is 4. The van der Waals surface area contributed by atoms with Crippen LogP contribution in [-0.2, 0) is 57.2 Å². The zero-order chi connectivity index (χ0) is 42.0. The molecule has 18 nitrogen and oxygen atoms in total. The largest absolute Gasteiger partial charge is 0.506 e. The summed E-state index contributed by atoms with van der Waals surface area (Å²) in [7, 11) is 2.34. The number of phenolic OH excluding ortho intramolecular Hbond substituents is 2. The van der Waals surface area contributed by atoms with Crippen molar-refractivity contribution in [3.8, 4) is 34.1 Å². The van der Waals surface area contributed by atoms with Gasteiger partial charge in [0.1, 0.15) is 56.8 Å². The summed E-state index contributed by atoms with van der Waals surface area (Å²) in [6, 6.07) is 5.33. The fraction of sp³-hybridized carbons (Fsp3) is 0.450. The first-order valence-electron chi connectivity index (χ1n) is 18.2. The second-order valence-electron chi connectivity index (χ2n) is 15.5. The Morgan fingerprint density at radius 3 is 1.28 bits per heavy atom. The molecule has 18 heteroatoms. The Labute approximate surface area is 328 Å². The molecule has 4 heterocycles. The van der Waals surface area contributed by atoms with Crippen molar-refractivity contribution in [2.24, 2.45) is 0 Å². The number of carbonyl (C=O) groups excluding carboxylic acids is 6. The Balaban J connectivity index is 1.15. The molecule has 0 radical (unpaired) electrons. The highest BCUT2D eigenvalue weighted by Crippen LogP contribution is 2.61. The fourth-order valence-electron chi connectivity index (χ4n) is 8.85. The molecule has 0 unspecified atom stereocenters. The number of hydrogen-bond acceptors (Lipinski definition) is 18. The number of rotatable bonds is 9. The van der Waals surface area contributed by atoms with Gasteiger partial charge in [-0.05, 0) is 52.0 Å². The van der Waals surface area contributed by atoms with E-state index in [1.54, 1.807) is 13.8 Å². The van der Waals surface area contributed by atoms with E-state index in [2.05, 4.69) is 9.47 Å². The van der Waals surface area contributed by atoms with Crippen LogP contribution in [0.1, 0.15) is 64.5 Å². The highest BCUT2D eigenvalue weighted by atomic mass is 16.7. The van der Waals surface area contributed by atoms with Gasteiger partial charge in [-0.1, -0.05) is 0 Å². The zero-order valence-electron chi connectivity index (χ0n) is 32.0. The van der Waals surface area contributed by atoms with Crippen LogP contribution in [0.4, 0.5) is 0 Å². The Bertz CT molecular complexity index is 2180. The third-order valence-electron chi connectivity index (χ3n) is 11.9. The summed E-state index contributed by atoms with van der Waals surface area (Å²) >= 11 is 0. The number of aliphatic hydroxyl groups excluding tert-OH is 2. The number of benzene rings is 2. The van der Waals surface area contributed by atoms with Crippen molar-refractivity contribution < 1.29 is 87.1 Å². The van der Waals surface area contributed by atoms with Crippen LogP contribution in [0.25, 0.3) is 22.6 Å². The second-order valence-corrected chi connectivity index (χ2v) is 15.5. The number of Topliss-reactive ketones (excluding diaryl/α,β-unsaturated/α-hetero) is 2. The summed E-state index contributed by atoms with van der Waals surface area (Å²) in [5, 5.41) is 47.0. The SMILES string of the molecule is COC(=O)CCC(=O)O[C@H]1[C@]2(C)O[C@@H]2C(=O)C2=C(O)c3c(ccc(-c4ccc5c(c4O)C(O)=C4C(=O)[C@H]6O[C@@]6(C)[C@H](OC(=O)CCC(=O)OC)[C@]4(C)O5)c3O)O[C@]21C. The molecule has 0 spiro atoms. The summed E-state index contributed by atoms with van der Waals surface area (Å²) in [4.78, 5) is 76.5. The Hall–Kier alpha value is -6.14. The number of fused-ring (bicyclic) bond motifs is 6. The predicted octanol–water partition coefficient (Wildman–Crippen LogP) is 2.82. The zero-order valence-corrected chi connectivity index (χ0v) is 32.0. The van der Waals surface area contributed by atoms with Gasteiger partial charge in [0.15, 0.2) is 47.2 Å². The fourth-order valence-corrected chi connectivity index (χ4v) is 8.85. The molecule has 0 amide bonds. The van der Waals surface area contributed by atoms with E-state index in [0.717, 1.165) is 0 Å². The van der Waals surface area contributed by atoms with E-state index in [-0.39, 0.29) is 70.6 Å². The number of carbonyl (C=O) groups is 6.